The normalized spacial score (nSPS) is 27.1. The van der Waals surface area contributed by atoms with Crippen molar-refractivity contribution in [1.82, 2.24) is 18.9 Å². The molecule has 0 unspecified atom stereocenters. The Hall–Kier alpha value is -0.540. The van der Waals surface area contributed by atoms with Gasteiger partial charge in [-0.2, -0.15) is 17.4 Å². The van der Waals surface area contributed by atoms with Gasteiger partial charge < -0.3 is 4.90 Å². The zero-order valence-electron chi connectivity index (χ0n) is 12.1. The van der Waals surface area contributed by atoms with E-state index in [4.69, 9.17) is 0 Å². The zero-order valence-corrected chi connectivity index (χ0v) is 13.7. The molecule has 0 amide bonds. The van der Waals surface area contributed by atoms with Gasteiger partial charge in [-0.25, -0.2) is 4.98 Å². The van der Waals surface area contributed by atoms with Gasteiger partial charge in [-0.05, 0) is 45.3 Å². The highest BCUT2D eigenvalue weighted by molar-refractivity contribution is 7.87. The van der Waals surface area contributed by atoms with Gasteiger partial charge in [0.2, 0.25) is 0 Å². The van der Waals surface area contributed by atoms with Crippen molar-refractivity contribution >= 4 is 21.5 Å². The van der Waals surface area contributed by atoms with E-state index < -0.39 is 10.2 Å². The lowest BCUT2D eigenvalue weighted by molar-refractivity contribution is 0.293. The van der Waals surface area contributed by atoms with Crippen LogP contribution in [0.15, 0.2) is 11.6 Å². The number of nitrogens with one attached hydrogen (secondary N) is 1. The number of nitrogens with zero attached hydrogens (tertiary/aromatic N) is 3. The van der Waals surface area contributed by atoms with Crippen LogP contribution in [0.1, 0.15) is 36.7 Å². The van der Waals surface area contributed by atoms with Crippen LogP contribution < -0.4 is 4.72 Å². The number of hydrogen-bond donors (Lipinski definition) is 1. The maximum absolute atomic E-state index is 12.3. The molecule has 0 aliphatic carbocycles. The van der Waals surface area contributed by atoms with Gasteiger partial charge in [0.15, 0.2) is 0 Å². The van der Waals surface area contributed by atoms with E-state index in [1.165, 1.54) is 24.2 Å². The van der Waals surface area contributed by atoms with E-state index in [-0.39, 0.29) is 6.04 Å². The quantitative estimate of drug-likeness (QED) is 0.881. The highest BCUT2D eigenvalue weighted by atomic mass is 32.2. The summed E-state index contributed by atoms with van der Waals surface area (Å²) in [5.74, 6) is 0. The van der Waals surface area contributed by atoms with Gasteiger partial charge >= 0.3 is 0 Å². The lowest BCUT2D eigenvalue weighted by Gasteiger charge is -2.31. The van der Waals surface area contributed by atoms with Crippen LogP contribution in [0, 0.1) is 0 Å². The Morgan fingerprint density at radius 3 is 2.76 bits per heavy atom. The summed E-state index contributed by atoms with van der Waals surface area (Å²) in [6.45, 7) is 4.52. The molecule has 2 aliphatic heterocycles. The van der Waals surface area contributed by atoms with Crippen molar-refractivity contribution < 1.29 is 8.42 Å². The van der Waals surface area contributed by atoms with Crippen LogP contribution >= 0.6 is 11.3 Å². The van der Waals surface area contributed by atoms with E-state index in [1.54, 1.807) is 10.5 Å². The van der Waals surface area contributed by atoms with Crippen molar-refractivity contribution in [1.29, 1.82) is 0 Å². The molecule has 0 spiro atoms. The standard InChI is InChI=1S/C13H22N4O2S2/c18-21(19)15-12(13-14-5-11-20-13)4-10-17(21)9-3-8-16-6-1-2-7-16/h5,11-12,15H,1-4,6-10H2/t12-/m0/s1. The molecule has 8 heteroatoms. The van der Waals surface area contributed by atoms with E-state index in [9.17, 15) is 8.42 Å². The van der Waals surface area contributed by atoms with E-state index >= 15 is 0 Å². The number of rotatable bonds is 5. The lowest BCUT2D eigenvalue weighted by Crippen LogP contribution is -2.49. The molecular weight excluding hydrogens is 308 g/mol. The third kappa shape index (κ3) is 3.81. The predicted octanol–water partition coefficient (Wildman–Crippen LogP) is 1.21. The number of thiazole rings is 1. The summed E-state index contributed by atoms with van der Waals surface area (Å²) in [7, 11) is -3.36. The smallest absolute Gasteiger partial charge is 0.280 e. The predicted molar refractivity (Wildman–Crippen MR) is 83.4 cm³/mol. The molecule has 1 N–H and O–H groups in total. The first-order valence-electron chi connectivity index (χ1n) is 7.54. The van der Waals surface area contributed by atoms with Crippen molar-refractivity contribution in [3.05, 3.63) is 16.6 Å². The van der Waals surface area contributed by atoms with Crippen LogP contribution in [0.3, 0.4) is 0 Å². The minimum atomic E-state index is -3.36. The Morgan fingerprint density at radius 1 is 1.29 bits per heavy atom. The van der Waals surface area contributed by atoms with Crippen molar-refractivity contribution in [3.8, 4) is 0 Å². The minimum absolute atomic E-state index is 0.162. The van der Waals surface area contributed by atoms with Gasteiger partial charge in [0, 0.05) is 24.7 Å². The van der Waals surface area contributed by atoms with Gasteiger partial charge in [-0.15, -0.1) is 11.3 Å². The Labute approximate surface area is 130 Å². The summed E-state index contributed by atoms with van der Waals surface area (Å²) in [5, 5.41) is 2.74. The summed E-state index contributed by atoms with van der Waals surface area (Å²) in [5.41, 5.74) is 0. The topological polar surface area (TPSA) is 65.5 Å². The highest BCUT2D eigenvalue weighted by Crippen LogP contribution is 2.25. The van der Waals surface area contributed by atoms with Gasteiger partial charge in [0.05, 0.1) is 6.04 Å². The number of hydrogen-bond acceptors (Lipinski definition) is 5. The molecule has 0 aromatic carbocycles. The average molecular weight is 330 g/mol. The highest BCUT2D eigenvalue weighted by Gasteiger charge is 2.32. The van der Waals surface area contributed by atoms with Crippen molar-refractivity contribution in [2.45, 2.75) is 31.7 Å². The maximum Gasteiger partial charge on any atom is 0.280 e. The minimum Gasteiger partial charge on any atom is -0.303 e. The second-order valence-electron chi connectivity index (χ2n) is 5.64. The molecular formula is C13H22N4O2S2. The Balaban J connectivity index is 1.51. The second-order valence-corrected chi connectivity index (χ2v) is 8.26. The first-order valence-corrected chi connectivity index (χ1v) is 9.86. The Morgan fingerprint density at radius 2 is 2.10 bits per heavy atom. The molecule has 0 radical (unpaired) electrons. The largest absolute Gasteiger partial charge is 0.303 e. The fourth-order valence-electron chi connectivity index (χ4n) is 3.00. The molecule has 1 aromatic rings. The van der Waals surface area contributed by atoms with Gasteiger partial charge in [0.1, 0.15) is 5.01 Å². The first-order chi connectivity index (χ1) is 10.1. The molecule has 2 aliphatic rings. The second kappa shape index (κ2) is 6.70. The van der Waals surface area contributed by atoms with Crippen molar-refractivity contribution in [2.75, 3.05) is 32.7 Å². The van der Waals surface area contributed by atoms with E-state index in [0.717, 1.165) is 37.5 Å². The average Bonchev–Trinajstić information content (AvgIpc) is 3.12. The SMILES string of the molecule is O=S1(=O)N[C@H](c2nccs2)CCN1CCCN1CCCC1. The van der Waals surface area contributed by atoms with E-state index in [0.29, 0.717) is 13.1 Å². The molecule has 1 aromatic heterocycles. The summed E-state index contributed by atoms with van der Waals surface area (Å²) in [6, 6.07) is -0.162. The van der Waals surface area contributed by atoms with Crippen LogP contribution in [0.2, 0.25) is 0 Å². The summed E-state index contributed by atoms with van der Waals surface area (Å²) < 4.78 is 28.9. The first kappa shape index (κ1) is 15.4. The molecule has 6 nitrogen and oxygen atoms in total. The van der Waals surface area contributed by atoms with Crippen LogP contribution in [-0.2, 0) is 10.2 Å². The monoisotopic (exact) mass is 330 g/mol. The molecule has 2 saturated heterocycles. The van der Waals surface area contributed by atoms with E-state index in [2.05, 4.69) is 14.6 Å². The maximum atomic E-state index is 12.3. The molecule has 3 rings (SSSR count). The van der Waals surface area contributed by atoms with Crippen LogP contribution in [0.25, 0.3) is 0 Å². The summed E-state index contributed by atoms with van der Waals surface area (Å²) >= 11 is 1.50. The fourth-order valence-corrected chi connectivity index (χ4v) is 5.25. The van der Waals surface area contributed by atoms with E-state index in [1.807, 2.05) is 5.38 Å². The zero-order chi connectivity index (χ0) is 14.7. The van der Waals surface area contributed by atoms with Crippen molar-refractivity contribution in [3.63, 3.8) is 0 Å². The van der Waals surface area contributed by atoms with Crippen LogP contribution in [0.5, 0.6) is 0 Å². The molecule has 21 heavy (non-hydrogen) atoms. The number of aromatic nitrogens is 1. The van der Waals surface area contributed by atoms with Gasteiger partial charge in [-0.3, -0.25) is 0 Å². The van der Waals surface area contributed by atoms with Crippen LogP contribution in [0.4, 0.5) is 0 Å². The molecule has 0 bridgehead atoms. The molecule has 118 valence electrons. The molecule has 1 atom stereocenters. The van der Waals surface area contributed by atoms with Crippen molar-refractivity contribution in [2.24, 2.45) is 0 Å². The summed E-state index contributed by atoms with van der Waals surface area (Å²) in [4.78, 5) is 6.63. The third-order valence-corrected chi connectivity index (χ3v) is 6.64. The van der Waals surface area contributed by atoms with Crippen LogP contribution in [-0.4, -0.2) is 55.3 Å². The summed E-state index contributed by atoms with van der Waals surface area (Å²) in [6.07, 6.45) is 5.97. The Kier molecular flexibility index (Phi) is 4.90. The molecule has 0 saturated carbocycles. The Bertz CT molecular complexity index is 541. The lowest BCUT2D eigenvalue weighted by atomic mass is 10.2. The number of likely N-dealkylation sites (tertiary alicyclic amines) is 1. The molecule has 3 heterocycles. The fraction of sp³-hybridized carbons (Fsp3) is 0.769. The van der Waals surface area contributed by atoms with Gasteiger partial charge in [0.25, 0.3) is 10.2 Å². The van der Waals surface area contributed by atoms with Gasteiger partial charge in [-0.1, -0.05) is 0 Å². The third-order valence-electron chi connectivity index (χ3n) is 4.13. The molecule has 2 fully saturated rings.